The Morgan fingerprint density at radius 3 is 2.53 bits per heavy atom. The third-order valence-electron chi connectivity index (χ3n) is 3.39. The summed E-state index contributed by atoms with van der Waals surface area (Å²) < 4.78 is 30.6. The molecule has 1 aromatic carbocycles. The molecular formula is C13H12Cl2F2O2. The van der Waals surface area contributed by atoms with Crippen molar-refractivity contribution in [3.05, 3.63) is 35.4 Å². The highest BCUT2D eigenvalue weighted by Crippen LogP contribution is 2.64. The number of hydrogen-bond acceptors (Lipinski definition) is 2. The van der Waals surface area contributed by atoms with Crippen LogP contribution in [0.2, 0.25) is 0 Å². The van der Waals surface area contributed by atoms with E-state index >= 15 is 0 Å². The molecule has 0 spiro atoms. The van der Waals surface area contributed by atoms with Gasteiger partial charge in [0.15, 0.2) is 0 Å². The third kappa shape index (κ3) is 2.56. The van der Waals surface area contributed by atoms with Crippen molar-refractivity contribution in [2.45, 2.75) is 30.7 Å². The van der Waals surface area contributed by atoms with Gasteiger partial charge in [0.2, 0.25) is 0 Å². The van der Waals surface area contributed by atoms with Gasteiger partial charge in [-0.05, 0) is 32.0 Å². The predicted octanol–water partition coefficient (Wildman–Crippen LogP) is 4.15. The number of carbonyl (C=O) groups is 1. The van der Waals surface area contributed by atoms with E-state index in [1.165, 1.54) is 6.92 Å². The monoisotopic (exact) mass is 308 g/mol. The van der Waals surface area contributed by atoms with E-state index in [0.29, 0.717) is 0 Å². The van der Waals surface area contributed by atoms with E-state index in [9.17, 15) is 13.6 Å². The summed E-state index contributed by atoms with van der Waals surface area (Å²) in [5.41, 5.74) is -1.01. The molecule has 1 saturated carbocycles. The van der Waals surface area contributed by atoms with Crippen molar-refractivity contribution in [1.29, 1.82) is 0 Å². The van der Waals surface area contributed by atoms with E-state index in [4.69, 9.17) is 27.9 Å². The van der Waals surface area contributed by atoms with Crippen LogP contribution in [0.3, 0.4) is 0 Å². The Balaban J connectivity index is 2.12. The van der Waals surface area contributed by atoms with E-state index in [-0.39, 0.29) is 12.0 Å². The zero-order valence-electron chi connectivity index (χ0n) is 10.3. The average molecular weight is 309 g/mol. The molecule has 0 aromatic heterocycles. The van der Waals surface area contributed by atoms with Crippen molar-refractivity contribution >= 4 is 29.2 Å². The first kappa shape index (κ1) is 14.5. The van der Waals surface area contributed by atoms with Crippen molar-refractivity contribution < 1.29 is 18.3 Å². The van der Waals surface area contributed by atoms with Crippen LogP contribution in [0.25, 0.3) is 0 Å². The lowest BCUT2D eigenvalue weighted by molar-refractivity contribution is -0.154. The second-order valence-electron chi connectivity index (χ2n) is 4.93. The fourth-order valence-electron chi connectivity index (χ4n) is 1.80. The van der Waals surface area contributed by atoms with Gasteiger partial charge in [-0.25, -0.2) is 8.78 Å². The van der Waals surface area contributed by atoms with Gasteiger partial charge in [-0.1, -0.05) is 0 Å². The minimum absolute atomic E-state index is 0.0210. The summed E-state index contributed by atoms with van der Waals surface area (Å²) in [6.45, 7) is 3.04. The van der Waals surface area contributed by atoms with Crippen LogP contribution in [0, 0.1) is 17.0 Å². The molecular weight excluding hydrogens is 297 g/mol. The van der Waals surface area contributed by atoms with Gasteiger partial charge in [-0.15, -0.1) is 23.2 Å². The van der Waals surface area contributed by atoms with Gasteiger partial charge in [-0.3, -0.25) is 4.79 Å². The van der Waals surface area contributed by atoms with Crippen LogP contribution in [0.4, 0.5) is 8.78 Å². The SMILES string of the molecule is CC(OC(=O)C1(C)CC1(Cl)Cl)c1cc(F)ccc1F. The standard InChI is InChI=1S/C13H12Cl2F2O2/c1-7(9-5-8(16)3-4-10(9)17)19-11(18)12(2)6-13(12,14)15/h3-5,7H,6H2,1-2H3. The number of esters is 1. The summed E-state index contributed by atoms with van der Waals surface area (Å²) in [5.74, 6) is -1.85. The molecule has 1 aromatic rings. The quantitative estimate of drug-likeness (QED) is 0.619. The molecule has 0 N–H and O–H groups in total. The lowest BCUT2D eigenvalue weighted by Crippen LogP contribution is -2.23. The van der Waals surface area contributed by atoms with E-state index in [2.05, 4.69) is 0 Å². The lowest BCUT2D eigenvalue weighted by atomic mass is 10.1. The molecule has 104 valence electrons. The second-order valence-corrected chi connectivity index (χ2v) is 6.41. The fourth-order valence-corrected chi connectivity index (χ4v) is 2.49. The molecule has 2 atom stereocenters. The van der Waals surface area contributed by atoms with Crippen LogP contribution >= 0.6 is 23.2 Å². The molecule has 19 heavy (non-hydrogen) atoms. The normalized spacial score (nSPS) is 25.8. The number of ether oxygens (including phenoxy) is 1. The molecule has 2 rings (SSSR count). The van der Waals surface area contributed by atoms with E-state index in [0.717, 1.165) is 18.2 Å². The molecule has 0 saturated heterocycles. The molecule has 6 heteroatoms. The zero-order chi connectivity index (χ0) is 14.4. The van der Waals surface area contributed by atoms with E-state index < -0.39 is 33.5 Å². The first-order valence-corrected chi connectivity index (χ1v) is 6.47. The third-order valence-corrected chi connectivity index (χ3v) is 4.49. The minimum atomic E-state index is -1.15. The highest BCUT2D eigenvalue weighted by molar-refractivity contribution is 6.53. The van der Waals surface area contributed by atoms with Crippen LogP contribution in [0.5, 0.6) is 0 Å². The van der Waals surface area contributed by atoms with Gasteiger partial charge in [0.25, 0.3) is 0 Å². The molecule has 0 heterocycles. The van der Waals surface area contributed by atoms with E-state index in [1.54, 1.807) is 6.92 Å². The number of rotatable bonds is 3. The summed E-state index contributed by atoms with van der Waals surface area (Å²) in [6, 6.07) is 2.98. The van der Waals surface area contributed by atoms with Gasteiger partial charge in [-0.2, -0.15) is 0 Å². The van der Waals surface area contributed by atoms with Crippen LogP contribution in [-0.2, 0) is 9.53 Å². The van der Waals surface area contributed by atoms with Gasteiger partial charge < -0.3 is 4.74 Å². The van der Waals surface area contributed by atoms with Crippen LogP contribution in [0.15, 0.2) is 18.2 Å². The highest BCUT2D eigenvalue weighted by Gasteiger charge is 2.69. The maximum atomic E-state index is 13.5. The number of benzene rings is 1. The molecule has 2 nitrogen and oxygen atoms in total. The van der Waals surface area contributed by atoms with Crippen LogP contribution < -0.4 is 0 Å². The highest BCUT2D eigenvalue weighted by atomic mass is 35.5. The number of carbonyl (C=O) groups excluding carboxylic acids is 1. The summed E-state index contributed by atoms with van der Waals surface area (Å²) in [7, 11) is 0. The topological polar surface area (TPSA) is 26.3 Å². The van der Waals surface area contributed by atoms with Gasteiger partial charge in [0, 0.05) is 12.0 Å². The lowest BCUT2D eigenvalue weighted by Gasteiger charge is -2.18. The maximum absolute atomic E-state index is 13.5. The summed E-state index contributed by atoms with van der Waals surface area (Å²) in [5, 5.41) is 0. The number of halogens is 4. The summed E-state index contributed by atoms with van der Waals surface area (Å²) in [4.78, 5) is 11.9. The maximum Gasteiger partial charge on any atom is 0.315 e. The Morgan fingerprint density at radius 1 is 1.42 bits per heavy atom. The van der Waals surface area contributed by atoms with Gasteiger partial charge in [0.1, 0.15) is 27.5 Å². The molecule has 0 bridgehead atoms. The van der Waals surface area contributed by atoms with Gasteiger partial charge in [0.05, 0.1) is 0 Å². The molecule has 0 radical (unpaired) electrons. The molecule has 1 aliphatic rings. The fraction of sp³-hybridized carbons (Fsp3) is 0.462. The van der Waals surface area contributed by atoms with Crippen molar-refractivity contribution in [2.75, 3.05) is 0 Å². The first-order valence-electron chi connectivity index (χ1n) is 5.71. The van der Waals surface area contributed by atoms with E-state index in [1.807, 2.05) is 0 Å². The Kier molecular flexibility index (Phi) is 3.52. The Labute approximate surface area is 119 Å². The Hall–Kier alpha value is -0.870. The number of alkyl halides is 2. The number of hydrogen-bond donors (Lipinski definition) is 0. The molecule has 0 amide bonds. The molecule has 1 aliphatic carbocycles. The predicted molar refractivity (Wildman–Crippen MR) is 68.0 cm³/mol. The van der Waals surface area contributed by atoms with Crippen molar-refractivity contribution in [2.24, 2.45) is 5.41 Å². The second kappa shape index (κ2) is 4.60. The smallest absolute Gasteiger partial charge is 0.315 e. The Morgan fingerprint density at radius 2 is 2.00 bits per heavy atom. The zero-order valence-corrected chi connectivity index (χ0v) is 11.9. The molecule has 0 aliphatic heterocycles. The molecule has 2 unspecified atom stereocenters. The van der Waals surface area contributed by atoms with Crippen molar-refractivity contribution in [1.82, 2.24) is 0 Å². The summed E-state index contributed by atoms with van der Waals surface area (Å²) in [6.07, 6.45) is -0.634. The molecule has 1 fully saturated rings. The largest absolute Gasteiger partial charge is 0.457 e. The van der Waals surface area contributed by atoms with Crippen LogP contribution in [-0.4, -0.2) is 10.3 Å². The minimum Gasteiger partial charge on any atom is -0.457 e. The Bertz CT molecular complexity index is 533. The van der Waals surface area contributed by atoms with Gasteiger partial charge >= 0.3 is 5.97 Å². The van der Waals surface area contributed by atoms with Crippen molar-refractivity contribution in [3.8, 4) is 0 Å². The first-order chi connectivity index (χ1) is 8.67. The average Bonchev–Trinajstić information content (AvgIpc) is 2.83. The summed E-state index contributed by atoms with van der Waals surface area (Å²) >= 11 is 11.7. The van der Waals surface area contributed by atoms with Crippen molar-refractivity contribution in [3.63, 3.8) is 0 Å². The van der Waals surface area contributed by atoms with Crippen LogP contribution in [0.1, 0.15) is 31.9 Å².